The summed E-state index contributed by atoms with van der Waals surface area (Å²) in [5.74, 6) is -0.672. The minimum Gasteiger partial charge on any atom is -0.367 e. The average Bonchev–Trinajstić information content (AvgIpc) is 3.09. The smallest absolute Gasteiger partial charge is 0.272 e. The Balaban J connectivity index is 1.53. The van der Waals surface area contributed by atoms with Crippen LogP contribution in [0.4, 0.5) is 4.39 Å². The van der Waals surface area contributed by atoms with Crippen molar-refractivity contribution in [1.82, 2.24) is 20.0 Å². The van der Waals surface area contributed by atoms with Gasteiger partial charge in [0.15, 0.2) is 12.0 Å². The first-order valence-corrected chi connectivity index (χ1v) is 9.94. The summed E-state index contributed by atoms with van der Waals surface area (Å²) in [7, 11) is 0. The molecule has 2 fully saturated rings. The first-order chi connectivity index (χ1) is 13.3. The van der Waals surface area contributed by atoms with Gasteiger partial charge in [-0.15, -0.1) is 0 Å². The number of rotatable bonds is 5. The van der Waals surface area contributed by atoms with E-state index >= 15 is 0 Å². The molecule has 152 valence electrons. The lowest BCUT2D eigenvalue weighted by atomic mass is 9.97. The standard InChI is InChI=1S/C20H27FN4O3/c1-11(2)25-17-6-3-12(21)7-16(17)19(23-25)20(28)22-13-8-14-4-5-15(9-13)24(14)10-18(26)27/h3,6-7,11,13-15,18,26-27H,4-5,8-10H2,1-2H3,(H,22,28)/t13?,14-,15+. The number of aliphatic hydroxyl groups is 2. The predicted molar refractivity (Wildman–Crippen MR) is 102 cm³/mol. The van der Waals surface area contributed by atoms with E-state index in [0.29, 0.717) is 5.39 Å². The fraction of sp³-hybridized carbons (Fsp3) is 0.600. The second kappa shape index (κ2) is 7.42. The first-order valence-electron chi connectivity index (χ1n) is 9.94. The fourth-order valence-electron chi connectivity index (χ4n) is 4.81. The maximum absolute atomic E-state index is 13.8. The molecular formula is C20H27FN4O3. The monoisotopic (exact) mass is 390 g/mol. The molecule has 7 nitrogen and oxygen atoms in total. The van der Waals surface area contributed by atoms with Crippen molar-refractivity contribution in [3.05, 3.63) is 29.7 Å². The molecule has 1 aromatic heterocycles. The topological polar surface area (TPSA) is 90.6 Å². The van der Waals surface area contributed by atoms with Crippen LogP contribution < -0.4 is 5.32 Å². The molecule has 2 bridgehead atoms. The lowest BCUT2D eigenvalue weighted by Crippen LogP contribution is -2.52. The van der Waals surface area contributed by atoms with Crippen LogP contribution >= 0.6 is 0 Å². The Morgan fingerprint density at radius 1 is 1.29 bits per heavy atom. The number of hydrogen-bond acceptors (Lipinski definition) is 5. The van der Waals surface area contributed by atoms with Gasteiger partial charge >= 0.3 is 0 Å². The molecule has 28 heavy (non-hydrogen) atoms. The van der Waals surface area contributed by atoms with E-state index in [1.165, 1.54) is 12.1 Å². The zero-order valence-corrected chi connectivity index (χ0v) is 16.2. The van der Waals surface area contributed by atoms with E-state index in [0.717, 1.165) is 31.2 Å². The highest BCUT2D eigenvalue weighted by molar-refractivity contribution is 6.05. The molecule has 3 heterocycles. The minimum atomic E-state index is -1.34. The molecule has 0 spiro atoms. The van der Waals surface area contributed by atoms with Gasteiger partial charge in [0.1, 0.15) is 5.82 Å². The molecule has 2 aliphatic rings. The largest absolute Gasteiger partial charge is 0.367 e. The van der Waals surface area contributed by atoms with E-state index in [1.54, 1.807) is 10.7 Å². The van der Waals surface area contributed by atoms with Crippen LogP contribution in [0.25, 0.3) is 10.9 Å². The molecule has 0 radical (unpaired) electrons. The molecule has 0 aliphatic carbocycles. The van der Waals surface area contributed by atoms with Crippen molar-refractivity contribution < 1.29 is 19.4 Å². The average molecular weight is 390 g/mol. The van der Waals surface area contributed by atoms with Crippen LogP contribution in [0.5, 0.6) is 0 Å². The van der Waals surface area contributed by atoms with Gasteiger partial charge in [-0.2, -0.15) is 5.10 Å². The van der Waals surface area contributed by atoms with E-state index in [4.69, 9.17) is 0 Å². The molecule has 4 rings (SSSR count). The second-order valence-corrected chi connectivity index (χ2v) is 8.25. The molecule has 2 aliphatic heterocycles. The van der Waals surface area contributed by atoms with Crippen LogP contribution in [-0.2, 0) is 0 Å². The van der Waals surface area contributed by atoms with Crippen LogP contribution in [0.2, 0.25) is 0 Å². The number of piperidine rings is 1. The third-order valence-electron chi connectivity index (χ3n) is 5.97. The zero-order chi connectivity index (χ0) is 20.0. The van der Waals surface area contributed by atoms with E-state index in [1.807, 2.05) is 13.8 Å². The number of hydrogen-bond donors (Lipinski definition) is 3. The number of fused-ring (bicyclic) bond motifs is 3. The minimum absolute atomic E-state index is 0.00453. The molecule has 1 aromatic carbocycles. The second-order valence-electron chi connectivity index (χ2n) is 8.25. The summed E-state index contributed by atoms with van der Waals surface area (Å²) >= 11 is 0. The van der Waals surface area contributed by atoms with Gasteiger partial charge in [0.25, 0.3) is 5.91 Å². The van der Waals surface area contributed by atoms with Crippen molar-refractivity contribution in [1.29, 1.82) is 0 Å². The van der Waals surface area contributed by atoms with Gasteiger partial charge in [-0.25, -0.2) is 4.39 Å². The summed E-state index contributed by atoms with van der Waals surface area (Å²) in [6.07, 6.45) is 2.20. The van der Waals surface area contributed by atoms with Gasteiger partial charge in [-0.3, -0.25) is 14.4 Å². The number of aliphatic hydroxyl groups excluding tert-OH is 1. The molecule has 8 heteroatoms. The lowest BCUT2D eigenvalue weighted by Gasteiger charge is -2.39. The van der Waals surface area contributed by atoms with E-state index in [-0.39, 0.29) is 42.3 Å². The fourth-order valence-corrected chi connectivity index (χ4v) is 4.81. The number of amides is 1. The highest BCUT2D eigenvalue weighted by Gasteiger charge is 2.41. The van der Waals surface area contributed by atoms with Crippen molar-refractivity contribution in [3.63, 3.8) is 0 Å². The predicted octanol–water partition coefficient (Wildman–Crippen LogP) is 1.79. The summed E-state index contributed by atoms with van der Waals surface area (Å²) in [5.41, 5.74) is 0.997. The van der Waals surface area contributed by atoms with Gasteiger partial charge in [-0.1, -0.05) is 0 Å². The number of carbonyl (C=O) groups excluding carboxylic acids is 1. The first kappa shape index (κ1) is 19.3. The SMILES string of the molecule is CC(C)n1nc(C(=O)NC2C[C@H]3CC[C@@H](C2)N3CC(O)O)c2cc(F)ccc21. The maximum Gasteiger partial charge on any atom is 0.272 e. The zero-order valence-electron chi connectivity index (χ0n) is 16.2. The Hall–Kier alpha value is -2.03. The van der Waals surface area contributed by atoms with Gasteiger partial charge in [0.2, 0.25) is 0 Å². The van der Waals surface area contributed by atoms with Gasteiger partial charge < -0.3 is 15.5 Å². The van der Waals surface area contributed by atoms with Crippen molar-refractivity contribution in [2.24, 2.45) is 0 Å². The van der Waals surface area contributed by atoms with Crippen LogP contribution in [0.3, 0.4) is 0 Å². The third kappa shape index (κ3) is 3.52. The molecule has 3 N–H and O–H groups in total. The number of nitrogens with zero attached hydrogens (tertiary/aromatic N) is 3. The van der Waals surface area contributed by atoms with Crippen molar-refractivity contribution >= 4 is 16.8 Å². The lowest BCUT2D eigenvalue weighted by molar-refractivity contribution is -0.0759. The number of carbonyl (C=O) groups is 1. The third-order valence-corrected chi connectivity index (χ3v) is 5.97. The van der Waals surface area contributed by atoms with E-state index in [2.05, 4.69) is 15.3 Å². The van der Waals surface area contributed by atoms with Gasteiger partial charge in [0.05, 0.1) is 5.52 Å². The van der Waals surface area contributed by atoms with E-state index < -0.39 is 12.1 Å². The molecule has 0 saturated carbocycles. The highest BCUT2D eigenvalue weighted by Crippen LogP contribution is 2.36. The molecule has 2 saturated heterocycles. The number of nitrogens with one attached hydrogen (secondary N) is 1. The van der Waals surface area contributed by atoms with Crippen molar-refractivity contribution in [3.8, 4) is 0 Å². The van der Waals surface area contributed by atoms with Crippen molar-refractivity contribution in [2.45, 2.75) is 70.0 Å². The summed E-state index contributed by atoms with van der Waals surface area (Å²) in [6, 6.07) is 4.95. The summed E-state index contributed by atoms with van der Waals surface area (Å²) in [4.78, 5) is 15.1. The Kier molecular flexibility index (Phi) is 5.11. The van der Waals surface area contributed by atoms with Crippen LogP contribution in [0, 0.1) is 5.82 Å². The molecule has 1 amide bonds. The molecular weight excluding hydrogens is 363 g/mol. The Morgan fingerprint density at radius 3 is 2.57 bits per heavy atom. The molecule has 1 unspecified atom stereocenters. The quantitative estimate of drug-likeness (QED) is 0.677. The Bertz CT molecular complexity index is 868. The van der Waals surface area contributed by atoms with Crippen LogP contribution in [0.15, 0.2) is 18.2 Å². The Morgan fingerprint density at radius 2 is 1.96 bits per heavy atom. The maximum atomic E-state index is 13.8. The highest BCUT2D eigenvalue weighted by atomic mass is 19.1. The van der Waals surface area contributed by atoms with Crippen LogP contribution in [-0.4, -0.2) is 61.8 Å². The van der Waals surface area contributed by atoms with E-state index in [9.17, 15) is 19.4 Å². The number of benzene rings is 1. The van der Waals surface area contributed by atoms with Crippen LogP contribution in [0.1, 0.15) is 56.1 Å². The molecule has 2 aromatic rings. The normalized spacial score (nSPS) is 25.2. The molecule has 3 atom stereocenters. The van der Waals surface area contributed by atoms with Crippen molar-refractivity contribution in [2.75, 3.05) is 6.54 Å². The van der Waals surface area contributed by atoms with Gasteiger partial charge in [-0.05, 0) is 57.7 Å². The summed E-state index contributed by atoms with van der Waals surface area (Å²) in [5, 5.41) is 26.7. The van der Waals surface area contributed by atoms with Gasteiger partial charge in [0, 0.05) is 36.1 Å². The number of aromatic nitrogens is 2. The summed E-state index contributed by atoms with van der Waals surface area (Å²) in [6.45, 7) is 4.19. The Labute approximate surface area is 163 Å². The summed E-state index contributed by atoms with van der Waals surface area (Å²) < 4.78 is 15.5. The number of halogens is 1.